The summed E-state index contributed by atoms with van der Waals surface area (Å²) in [5, 5.41) is 13.7. The van der Waals surface area contributed by atoms with Gasteiger partial charge in [-0.25, -0.2) is 0 Å². The van der Waals surface area contributed by atoms with Crippen molar-refractivity contribution >= 4 is 60.8 Å². The minimum absolute atomic E-state index is 0.0233. The highest BCUT2D eigenvalue weighted by atomic mass is 16.7. The number of hydrogen-bond donors (Lipinski definition) is 0. The van der Waals surface area contributed by atoms with E-state index in [0.717, 1.165) is 72.9 Å². The number of allylic oxidation sites excluding steroid dienone is 4. The molecule has 5 atom stereocenters. The molecule has 10 rings (SSSR count). The van der Waals surface area contributed by atoms with Gasteiger partial charge in [0.2, 0.25) is 0 Å². The lowest BCUT2D eigenvalue weighted by molar-refractivity contribution is -0.270. The van der Waals surface area contributed by atoms with Crippen LogP contribution in [0.3, 0.4) is 0 Å². The first kappa shape index (κ1) is 75.2. The van der Waals surface area contributed by atoms with Crippen molar-refractivity contribution in [3.8, 4) is 0 Å². The van der Waals surface area contributed by atoms with Crippen LogP contribution in [0.1, 0.15) is 177 Å². The predicted molar refractivity (Wildman–Crippen MR) is 430 cm³/mol. The van der Waals surface area contributed by atoms with E-state index in [-0.39, 0.29) is 53.4 Å². The molecule has 0 saturated carbocycles. The van der Waals surface area contributed by atoms with Crippen molar-refractivity contribution in [2.75, 3.05) is 9.80 Å². The zero-order chi connectivity index (χ0) is 72.3. The van der Waals surface area contributed by atoms with E-state index in [4.69, 9.17) is 14.5 Å². The van der Waals surface area contributed by atoms with Gasteiger partial charge in [0.05, 0.1) is 47.8 Å². The molecule has 528 valence electrons. The molecular weight excluding hydrogens is 1240 g/mol. The predicted octanol–water partition coefficient (Wildman–Crippen LogP) is 25.3. The van der Waals surface area contributed by atoms with E-state index >= 15 is 0 Å². The first-order chi connectivity index (χ1) is 48.2. The number of benzene rings is 10. The summed E-state index contributed by atoms with van der Waals surface area (Å²) in [4.78, 5) is 26.3. The molecule has 8 heteroatoms. The van der Waals surface area contributed by atoms with Crippen molar-refractivity contribution < 1.29 is 14.5 Å². The molecule has 0 saturated heterocycles. The summed E-state index contributed by atoms with van der Waals surface area (Å²) in [6, 6.07) is 84.7. The van der Waals surface area contributed by atoms with Gasteiger partial charge in [0, 0.05) is 56.6 Å². The third-order valence-electron chi connectivity index (χ3n) is 19.0. The van der Waals surface area contributed by atoms with Gasteiger partial charge in [-0.15, -0.1) is 0 Å². The van der Waals surface area contributed by atoms with Crippen LogP contribution in [0, 0.1) is 17.8 Å². The molecule has 0 heterocycles. The zero-order valence-corrected chi connectivity index (χ0v) is 63.9. The van der Waals surface area contributed by atoms with Crippen molar-refractivity contribution in [2.24, 2.45) is 17.8 Å². The summed E-state index contributed by atoms with van der Waals surface area (Å²) < 4.78 is 0. The van der Waals surface area contributed by atoms with Crippen LogP contribution in [-0.4, -0.2) is 50.1 Å². The van der Waals surface area contributed by atoms with Crippen molar-refractivity contribution in [1.82, 2.24) is 15.2 Å². The van der Waals surface area contributed by atoms with Crippen LogP contribution in [0.15, 0.2) is 267 Å². The van der Waals surface area contributed by atoms with E-state index in [1.807, 2.05) is 0 Å². The zero-order valence-electron chi connectivity index (χ0n) is 63.9. The second kappa shape index (κ2) is 33.1. The first-order valence-corrected chi connectivity index (χ1v) is 37.0. The third kappa shape index (κ3) is 18.1. The molecule has 0 aromatic heterocycles. The molecule has 0 radical (unpaired) electrons. The number of anilines is 5. The van der Waals surface area contributed by atoms with E-state index in [0.29, 0.717) is 18.3 Å². The lowest BCUT2D eigenvalue weighted by Gasteiger charge is -2.45. The fraction of sp³-hybridized carbons (Fsp3) is 0.355. The molecule has 0 fully saturated rings. The van der Waals surface area contributed by atoms with E-state index in [1.54, 1.807) is 0 Å². The van der Waals surface area contributed by atoms with Crippen LogP contribution >= 0.6 is 0 Å². The van der Waals surface area contributed by atoms with Crippen LogP contribution in [0.5, 0.6) is 0 Å². The van der Waals surface area contributed by atoms with E-state index in [9.17, 15) is 0 Å². The fourth-order valence-corrected chi connectivity index (χ4v) is 14.7. The monoisotopic (exact) mass is 1350 g/mol. The van der Waals surface area contributed by atoms with E-state index in [2.05, 4.69) is 417 Å². The Hall–Kier alpha value is -8.44. The highest BCUT2D eigenvalue weighted by Gasteiger charge is 2.39. The second-order valence-corrected chi connectivity index (χ2v) is 31.5. The average molecular weight is 1350 g/mol. The molecule has 0 amide bonds. The number of hydrogen-bond acceptors (Lipinski definition) is 8. The number of nitrogens with zero attached hydrogens (tertiary/aromatic N) is 5. The van der Waals surface area contributed by atoms with Crippen LogP contribution in [-0.2, 0) is 27.4 Å². The highest BCUT2D eigenvalue weighted by Crippen LogP contribution is 2.49. The molecule has 0 aliphatic carbocycles. The van der Waals surface area contributed by atoms with Gasteiger partial charge in [-0.2, -0.15) is 15.2 Å². The summed E-state index contributed by atoms with van der Waals surface area (Å²) in [6.45, 7) is 42.7. The summed E-state index contributed by atoms with van der Waals surface area (Å²) >= 11 is 0. The molecule has 10 aromatic rings. The summed E-state index contributed by atoms with van der Waals surface area (Å²) in [5.41, 5.74) is 11.4. The minimum atomic E-state index is -0.429. The largest absolute Gasteiger partial charge is 0.310 e. The molecule has 0 aliphatic rings. The Morgan fingerprint density at radius 2 is 0.802 bits per heavy atom. The Bertz CT molecular complexity index is 4390. The molecular formula is C93H113N5O3. The molecule has 0 spiro atoms. The standard InChI is InChI=1S/C93H113N5O3/c1-20-21-48-77(58-57-69(10)100-96(91(12,13)14)88(65(2)3)73-42-26-22-27-43-73)94(76-49-32-25-33-50-76)86-62-84-81-54-35-37-56-83(81)87(63-85(84)80-53-34-36-55-82(80)86)95(78-51-38-40-71(60-78)59-70(11)101-97(92(15,16)17)89(66(4)5)74-44-28-23-29-45-74)79-52-39-41-72(61-79)64-93(18,19)98(99-68(8)9)90(67(6)7)75-46-30-24-31-47-75/h20-58,60-63,65-70,88-90H,59,64H2,1-19H3. The Balaban J connectivity index is 1.13. The third-order valence-corrected chi connectivity index (χ3v) is 19.0. The second-order valence-electron chi connectivity index (χ2n) is 31.5. The number of hydroxylamine groups is 6. The topological polar surface area (TPSA) is 43.9 Å². The number of para-hydroxylation sites is 1. The van der Waals surface area contributed by atoms with Gasteiger partial charge in [0.15, 0.2) is 0 Å². The van der Waals surface area contributed by atoms with Gasteiger partial charge in [-0.05, 0) is 224 Å². The maximum atomic E-state index is 7.23. The molecule has 0 bridgehead atoms. The van der Waals surface area contributed by atoms with Gasteiger partial charge in [0.25, 0.3) is 0 Å². The fourth-order valence-electron chi connectivity index (χ4n) is 14.7. The number of rotatable bonds is 29. The molecule has 0 aliphatic heterocycles. The van der Waals surface area contributed by atoms with Crippen LogP contribution < -0.4 is 9.80 Å². The lowest BCUT2D eigenvalue weighted by atomic mass is 9.88. The van der Waals surface area contributed by atoms with Gasteiger partial charge < -0.3 is 9.80 Å². The van der Waals surface area contributed by atoms with Gasteiger partial charge in [-0.1, -0.05) is 242 Å². The van der Waals surface area contributed by atoms with Gasteiger partial charge in [-0.3, -0.25) is 14.5 Å². The Morgan fingerprint density at radius 3 is 1.27 bits per heavy atom. The number of fused-ring (bicyclic) bond motifs is 5. The normalized spacial score (nSPS) is 14.5. The highest BCUT2D eigenvalue weighted by molar-refractivity contribution is 6.24. The van der Waals surface area contributed by atoms with Crippen molar-refractivity contribution in [2.45, 2.75) is 197 Å². The Kier molecular flexibility index (Phi) is 24.7. The van der Waals surface area contributed by atoms with Gasteiger partial charge >= 0.3 is 0 Å². The molecule has 10 aromatic carbocycles. The summed E-state index contributed by atoms with van der Waals surface area (Å²) in [6.07, 6.45) is 11.9. The van der Waals surface area contributed by atoms with Crippen molar-refractivity contribution in [1.29, 1.82) is 0 Å². The summed E-state index contributed by atoms with van der Waals surface area (Å²) in [5.74, 6) is 0.878. The molecule has 0 N–H and O–H groups in total. The Labute approximate surface area is 606 Å². The molecule has 5 unspecified atom stereocenters. The van der Waals surface area contributed by atoms with Crippen LogP contribution in [0.25, 0.3) is 32.3 Å². The van der Waals surface area contributed by atoms with Crippen molar-refractivity contribution in [3.63, 3.8) is 0 Å². The quantitative estimate of drug-likeness (QED) is 0.0261. The minimum Gasteiger partial charge on any atom is -0.310 e. The van der Waals surface area contributed by atoms with E-state index < -0.39 is 5.54 Å². The Morgan fingerprint density at radius 1 is 0.396 bits per heavy atom. The lowest BCUT2D eigenvalue weighted by Crippen LogP contribution is -2.50. The molecule has 101 heavy (non-hydrogen) atoms. The van der Waals surface area contributed by atoms with E-state index in [1.165, 1.54) is 27.8 Å². The van der Waals surface area contributed by atoms with Crippen molar-refractivity contribution in [3.05, 3.63) is 294 Å². The SMILES string of the molecule is CC=CC=C(C=CC(C)ON(C(c1ccccc1)C(C)C)C(C)(C)C)N(c1ccccc1)c1cc2c3ccccc3c(N(c3cccc(CC(C)ON(C(c4ccccc4)C(C)C)C(C)(C)C)c3)c3cccc(CC(C)(C)N(OC(C)C)C(c4ccccc4)C(C)C)c3)cc2c2ccccc12. The van der Waals surface area contributed by atoms with Crippen LogP contribution in [0.2, 0.25) is 0 Å². The first-order valence-electron chi connectivity index (χ1n) is 37.0. The maximum absolute atomic E-state index is 7.23. The molecule has 8 nitrogen and oxygen atoms in total. The van der Waals surface area contributed by atoms with Gasteiger partial charge in [0.1, 0.15) is 0 Å². The summed E-state index contributed by atoms with van der Waals surface area (Å²) in [7, 11) is 0. The smallest absolute Gasteiger partial charge is 0.0950 e. The van der Waals surface area contributed by atoms with Crippen LogP contribution in [0.4, 0.5) is 28.4 Å². The average Bonchev–Trinajstić information content (AvgIpc) is 0.726. The maximum Gasteiger partial charge on any atom is 0.0950 e.